The Morgan fingerprint density at radius 2 is 2.32 bits per heavy atom. The van der Waals surface area contributed by atoms with Crippen LogP contribution in [0.15, 0.2) is 33.7 Å². The van der Waals surface area contributed by atoms with E-state index < -0.39 is 0 Å². The third-order valence-electron chi connectivity index (χ3n) is 3.75. The first kappa shape index (κ1) is 14.7. The van der Waals surface area contributed by atoms with E-state index in [0.29, 0.717) is 30.6 Å². The van der Waals surface area contributed by atoms with E-state index in [9.17, 15) is 0 Å². The Morgan fingerprint density at radius 3 is 3.09 bits per heavy atom. The minimum absolute atomic E-state index is 0.231. The fourth-order valence-corrected chi connectivity index (χ4v) is 2.64. The van der Waals surface area contributed by atoms with Crippen LogP contribution < -0.4 is 15.8 Å². The van der Waals surface area contributed by atoms with Crippen molar-refractivity contribution in [1.82, 2.24) is 5.32 Å². The third kappa shape index (κ3) is 3.17. The highest BCUT2D eigenvalue weighted by molar-refractivity contribution is 5.85. The second-order valence-corrected chi connectivity index (χ2v) is 5.27. The molecule has 2 aromatic rings. The molecule has 1 unspecified atom stereocenters. The van der Waals surface area contributed by atoms with Crippen LogP contribution in [0.3, 0.4) is 0 Å². The number of aliphatic imine (C=N–C) groups is 1. The maximum atomic E-state index is 5.89. The van der Waals surface area contributed by atoms with E-state index in [2.05, 4.69) is 10.3 Å². The number of nitrogens with zero attached hydrogens (tertiary/aromatic N) is 1. The Kier molecular flexibility index (Phi) is 4.48. The fourth-order valence-electron chi connectivity index (χ4n) is 2.64. The van der Waals surface area contributed by atoms with Crippen molar-refractivity contribution in [2.75, 3.05) is 20.3 Å². The number of ether oxygens (including phenoxy) is 2. The van der Waals surface area contributed by atoms with Crippen LogP contribution >= 0.6 is 0 Å². The monoisotopic (exact) mass is 303 g/mol. The first-order valence-corrected chi connectivity index (χ1v) is 7.47. The first-order chi connectivity index (χ1) is 10.8. The van der Waals surface area contributed by atoms with Gasteiger partial charge in [0.05, 0.1) is 18.6 Å². The molecule has 1 aliphatic heterocycles. The molecule has 22 heavy (non-hydrogen) atoms. The summed E-state index contributed by atoms with van der Waals surface area (Å²) in [5.74, 6) is 1.77. The lowest BCUT2D eigenvalue weighted by molar-refractivity contribution is 0.114. The number of methoxy groups -OCH3 is 1. The van der Waals surface area contributed by atoms with Gasteiger partial charge in [0.25, 0.3) is 0 Å². The van der Waals surface area contributed by atoms with Crippen molar-refractivity contribution in [3.63, 3.8) is 0 Å². The largest absolute Gasteiger partial charge is 0.492 e. The number of rotatable bonds is 5. The molecule has 0 saturated carbocycles. The zero-order valence-corrected chi connectivity index (χ0v) is 12.7. The number of guanidine groups is 1. The summed E-state index contributed by atoms with van der Waals surface area (Å²) in [5.41, 5.74) is 6.67. The number of fused-ring (bicyclic) bond motifs is 1. The first-order valence-electron chi connectivity index (χ1n) is 7.47. The molecule has 3 N–H and O–H groups in total. The van der Waals surface area contributed by atoms with Gasteiger partial charge >= 0.3 is 0 Å². The lowest BCUT2D eigenvalue weighted by Crippen LogP contribution is -2.37. The molecule has 0 aliphatic carbocycles. The lowest BCUT2D eigenvalue weighted by atomic mass is 10.2. The van der Waals surface area contributed by atoms with Crippen LogP contribution in [0.4, 0.5) is 0 Å². The van der Waals surface area contributed by atoms with Crippen molar-refractivity contribution in [2.24, 2.45) is 10.7 Å². The molecule has 118 valence electrons. The summed E-state index contributed by atoms with van der Waals surface area (Å²) in [6, 6.07) is 7.74. The number of hydrogen-bond donors (Lipinski definition) is 2. The Labute approximate surface area is 129 Å². The molecule has 1 atom stereocenters. The number of furan rings is 1. The molecule has 3 rings (SSSR count). The molecule has 0 spiro atoms. The van der Waals surface area contributed by atoms with E-state index >= 15 is 0 Å². The normalized spacial score (nSPS) is 18.8. The minimum Gasteiger partial charge on any atom is -0.492 e. The topological polar surface area (TPSA) is 82.0 Å². The molecule has 0 amide bonds. The van der Waals surface area contributed by atoms with Gasteiger partial charge in [0, 0.05) is 13.2 Å². The predicted molar refractivity (Wildman–Crippen MR) is 85.1 cm³/mol. The molecule has 6 heteroatoms. The zero-order chi connectivity index (χ0) is 15.4. The van der Waals surface area contributed by atoms with Gasteiger partial charge in [0.15, 0.2) is 17.5 Å². The van der Waals surface area contributed by atoms with E-state index in [4.69, 9.17) is 19.6 Å². The molecule has 1 aliphatic rings. The highest BCUT2D eigenvalue weighted by Gasteiger charge is 2.16. The summed E-state index contributed by atoms with van der Waals surface area (Å²) >= 11 is 0. The summed E-state index contributed by atoms with van der Waals surface area (Å²) in [5, 5.41) is 4.03. The van der Waals surface area contributed by atoms with Crippen LogP contribution in [0, 0.1) is 0 Å². The van der Waals surface area contributed by atoms with Gasteiger partial charge in [-0.25, -0.2) is 4.99 Å². The summed E-state index contributed by atoms with van der Waals surface area (Å²) < 4.78 is 16.7. The Morgan fingerprint density at radius 1 is 1.45 bits per heavy atom. The highest BCUT2D eigenvalue weighted by atomic mass is 16.5. The SMILES string of the molecule is COc1c(CN=C(N)NCC2CCCO2)oc2ccccc12. The quantitative estimate of drug-likeness (QED) is 0.652. The molecule has 2 heterocycles. The minimum atomic E-state index is 0.231. The zero-order valence-electron chi connectivity index (χ0n) is 12.7. The van der Waals surface area contributed by atoms with E-state index in [1.54, 1.807) is 7.11 Å². The van der Waals surface area contributed by atoms with Crippen LogP contribution in [-0.2, 0) is 11.3 Å². The van der Waals surface area contributed by atoms with Gasteiger partial charge in [-0.3, -0.25) is 0 Å². The van der Waals surface area contributed by atoms with Gasteiger partial charge in [-0.2, -0.15) is 0 Å². The van der Waals surface area contributed by atoms with Crippen molar-refractivity contribution < 1.29 is 13.9 Å². The maximum Gasteiger partial charge on any atom is 0.189 e. The predicted octanol–water partition coefficient (Wildman–Crippen LogP) is 2.02. The molecule has 1 fully saturated rings. The van der Waals surface area contributed by atoms with E-state index in [0.717, 1.165) is 30.4 Å². The molecule has 1 aromatic carbocycles. The number of benzene rings is 1. The second kappa shape index (κ2) is 6.70. The Balaban J connectivity index is 1.65. The van der Waals surface area contributed by atoms with Crippen LogP contribution in [0.25, 0.3) is 11.0 Å². The standard InChI is InChI=1S/C16H21N3O3/c1-20-15-12-6-2-3-7-13(12)22-14(15)10-19-16(17)18-9-11-5-4-8-21-11/h2-3,6-7,11H,4-5,8-10H2,1H3,(H3,17,18,19). The number of para-hydroxylation sites is 1. The average Bonchev–Trinajstić information content (AvgIpc) is 3.17. The molecular formula is C16H21N3O3. The number of hydrogen-bond acceptors (Lipinski definition) is 4. The van der Waals surface area contributed by atoms with Gasteiger partial charge in [-0.1, -0.05) is 12.1 Å². The molecule has 1 aromatic heterocycles. The fraction of sp³-hybridized carbons (Fsp3) is 0.438. The number of nitrogens with one attached hydrogen (secondary N) is 1. The van der Waals surface area contributed by atoms with Gasteiger partial charge in [0.1, 0.15) is 12.1 Å². The van der Waals surface area contributed by atoms with Crippen LogP contribution in [0.5, 0.6) is 5.75 Å². The molecular weight excluding hydrogens is 282 g/mol. The highest BCUT2D eigenvalue weighted by Crippen LogP contribution is 2.33. The second-order valence-electron chi connectivity index (χ2n) is 5.27. The van der Waals surface area contributed by atoms with E-state index in [-0.39, 0.29) is 6.10 Å². The van der Waals surface area contributed by atoms with Gasteiger partial charge in [0.2, 0.25) is 0 Å². The van der Waals surface area contributed by atoms with Gasteiger partial charge in [-0.05, 0) is 25.0 Å². The number of nitrogens with two attached hydrogens (primary N) is 1. The Bertz CT molecular complexity index is 660. The maximum absolute atomic E-state index is 5.89. The van der Waals surface area contributed by atoms with Gasteiger partial charge in [-0.15, -0.1) is 0 Å². The molecule has 0 bridgehead atoms. The van der Waals surface area contributed by atoms with Crippen molar-refractivity contribution in [1.29, 1.82) is 0 Å². The van der Waals surface area contributed by atoms with Crippen molar-refractivity contribution in [3.05, 3.63) is 30.0 Å². The van der Waals surface area contributed by atoms with Crippen molar-refractivity contribution in [2.45, 2.75) is 25.5 Å². The van der Waals surface area contributed by atoms with Crippen molar-refractivity contribution >= 4 is 16.9 Å². The smallest absolute Gasteiger partial charge is 0.189 e. The van der Waals surface area contributed by atoms with E-state index in [1.807, 2.05) is 24.3 Å². The van der Waals surface area contributed by atoms with E-state index in [1.165, 1.54) is 0 Å². The third-order valence-corrected chi connectivity index (χ3v) is 3.75. The summed E-state index contributed by atoms with van der Waals surface area (Å²) in [6.45, 7) is 1.86. The van der Waals surface area contributed by atoms with Crippen LogP contribution in [0.1, 0.15) is 18.6 Å². The van der Waals surface area contributed by atoms with Crippen LogP contribution in [0.2, 0.25) is 0 Å². The van der Waals surface area contributed by atoms with Crippen LogP contribution in [-0.4, -0.2) is 32.3 Å². The Hall–Kier alpha value is -2.21. The van der Waals surface area contributed by atoms with Gasteiger partial charge < -0.3 is 24.9 Å². The average molecular weight is 303 g/mol. The molecule has 1 saturated heterocycles. The lowest BCUT2D eigenvalue weighted by Gasteiger charge is -2.10. The summed E-state index contributed by atoms with van der Waals surface area (Å²) in [7, 11) is 1.63. The van der Waals surface area contributed by atoms with Crippen molar-refractivity contribution in [3.8, 4) is 5.75 Å². The molecule has 6 nitrogen and oxygen atoms in total. The summed E-state index contributed by atoms with van der Waals surface area (Å²) in [4.78, 5) is 4.31. The summed E-state index contributed by atoms with van der Waals surface area (Å²) in [6.07, 6.45) is 2.41. The molecule has 0 radical (unpaired) electrons.